The number of thioether (sulfide) groups is 1. The highest BCUT2D eigenvalue weighted by Gasteiger charge is 2.10. The molecule has 100 valence electrons. The van der Waals surface area contributed by atoms with Crippen molar-refractivity contribution in [1.29, 1.82) is 0 Å². The number of thiazole rings is 1. The van der Waals surface area contributed by atoms with E-state index in [1.54, 1.807) is 23.1 Å². The highest BCUT2D eigenvalue weighted by atomic mass is 32.2. The van der Waals surface area contributed by atoms with Crippen molar-refractivity contribution in [2.75, 3.05) is 11.6 Å². The van der Waals surface area contributed by atoms with E-state index in [1.165, 1.54) is 4.90 Å². The second kappa shape index (κ2) is 6.21. The fourth-order valence-corrected chi connectivity index (χ4v) is 3.11. The van der Waals surface area contributed by atoms with E-state index in [2.05, 4.69) is 10.3 Å². The molecule has 1 N–H and O–H groups in total. The molecule has 1 aromatic carbocycles. The summed E-state index contributed by atoms with van der Waals surface area (Å²) in [6.07, 6.45) is 2.42. The number of aromatic nitrogens is 1. The summed E-state index contributed by atoms with van der Waals surface area (Å²) in [5, 5.41) is 3.91. The van der Waals surface area contributed by atoms with Crippen LogP contribution in [0.25, 0.3) is 0 Å². The van der Waals surface area contributed by atoms with Gasteiger partial charge in [-0.2, -0.15) is 0 Å². The van der Waals surface area contributed by atoms with Crippen LogP contribution in [-0.2, 0) is 11.2 Å². The molecule has 0 aliphatic heterocycles. The Bertz CT molecular complexity index is 576. The van der Waals surface area contributed by atoms with E-state index in [-0.39, 0.29) is 5.91 Å². The number of nitrogens with one attached hydrogen (secondary N) is 1. The van der Waals surface area contributed by atoms with Crippen LogP contribution in [0.4, 0.5) is 5.69 Å². The molecule has 3 nitrogen and oxygen atoms in total. The fraction of sp³-hybridized carbons (Fsp3) is 0.286. The van der Waals surface area contributed by atoms with Crippen molar-refractivity contribution in [3.05, 3.63) is 39.8 Å². The van der Waals surface area contributed by atoms with Gasteiger partial charge in [-0.15, -0.1) is 23.1 Å². The minimum Gasteiger partial charge on any atom is -0.326 e. The number of aryl methyl sites for hydroxylation is 2. The number of nitrogens with zero attached hydrogens (tertiary/aromatic N) is 1. The zero-order valence-electron chi connectivity index (χ0n) is 11.2. The highest BCUT2D eigenvalue weighted by Crippen LogP contribution is 2.20. The van der Waals surface area contributed by atoms with Crippen LogP contribution in [0.1, 0.15) is 15.6 Å². The summed E-state index contributed by atoms with van der Waals surface area (Å²) in [4.78, 5) is 18.5. The summed E-state index contributed by atoms with van der Waals surface area (Å²) in [5.41, 5.74) is 1.79. The Morgan fingerprint density at radius 1 is 1.32 bits per heavy atom. The first kappa shape index (κ1) is 14.1. The van der Waals surface area contributed by atoms with Gasteiger partial charge in [-0.1, -0.05) is 0 Å². The molecule has 19 heavy (non-hydrogen) atoms. The molecule has 0 fully saturated rings. The van der Waals surface area contributed by atoms with Crippen LogP contribution in [0, 0.1) is 13.8 Å². The van der Waals surface area contributed by atoms with Crippen molar-refractivity contribution in [1.82, 2.24) is 4.98 Å². The third-order valence-electron chi connectivity index (χ3n) is 2.69. The van der Waals surface area contributed by atoms with E-state index < -0.39 is 0 Å². The van der Waals surface area contributed by atoms with Gasteiger partial charge in [0.25, 0.3) is 0 Å². The van der Waals surface area contributed by atoms with Gasteiger partial charge in [0.15, 0.2) is 0 Å². The predicted octanol–water partition coefficient (Wildman–Crippen LogP) is 3.66. The number of carbonyl (C=O) groups is 1. The van der Waals surface area contributed by atoms with Crippen LogP contribution >= 0.6 is 23.1 Å². The average Bonchev–Trinajstić information content (AvgIpc) is 2.68. The third-order valence-corrected chi connectivity index (χ3v) is 4.51. The molecule has 0 spiro atoms. The summed E-state index contributed by atoms with van der Waals surface area (Å²) < 4.78 is 0. The Morgan fingerprint density at radius 2 is 2.00 bits per heavy atom. The van der Waals surface area contributed by atoms with Gasteiger partial charge in [0.05, 0.1) is 17.1 Å². The van der Waals surface area contributed by atoms with Crippen molar-refractivity contribution in [2.24, 2.45) is 0 Å². The topological polar surface area (TPSA) is 42.0 Å². The van der Waals surface area contributed by atoms with Crippen molar-refractivity contribution in [2.45, 2.75) is 25.2 Å². The van der Waals surface area contributed by atoms with Gasteiger partial charge in [0, 0.05) is 15.5 Å². The van der Waals surface area contributed by atoms with Crippen LogP contribution < -0.4 is 5.32 Å². The second-order valence-electron chi connectivity index (χ2n) is 4.19. The van der Waals surface area contributed by atoms with Crippen LogP contribution in [0.5, 0.6) is 0 Å². The molecule has 1 aromatic heterocycles. The van der Waals surface area contributed by atoms with Crippen molar-refractivity contribution in [3.63, 3.8) is 0 Å². The number of hydrogen-bond donors (Lipinski definition) is 1. The smallest absolute Gasteiger partial charge is 0.229 e. The van der Waals surface area contributed by atoms with Crippen LogP contribution in [0.3, 0.4) is 0 Å². The first-order valence-electron chi connectivity index (χ1n) is 5.95. The van der Waals surface area contributed by atoms with Crippen LogP contribution in [-0.4, -0.2) is 17.1 Å². The van der Waals surface area contributed by atoms with Gasteiger partial charge >= 0.3 is 0 Å². The molecule has 0 saturated heterocycles. The summed E-state index contributed by atoms with van der Waals surface area (Å²) in [6, 6.07) is 7.85. The number of anilines is 1. The molecule has 2 aromatic rings. The van der Waals surface area contributed by atoms with Crippen LogP contribution in [0.15, 0.2) is 29.2 Å². The summed E-state index contributed by atoms with van der Waals surface area (Å²) in [7, 11) is 0. The van der Waals surface area contributed by atoms with Gasteiger partial charge in [0.2, 0.25) is 5.91 Å². The Labute approximate surface area is 121 Å². The molecule has 0 radical (unpaired) electrons. The summed E-state index contributed by atoms with van der Waals surface area (Å²) in [5.74, 6) is 0.00338. The lowest BCUT2D eigenvalue weighted by molar-refractivity contribution is -0.115. The molecular weight excluding hydrogens is 276 g/mol. The van der Waals surface area contributed by atoms with E-state index in [4.69, 9.17) is 0 Å². The zero-order chi connectivity index (χ0) is 13.8. The average molecular weight is 292 g/mol. The van der Waals surface area contributed by atoms with Crippen molar-refractivity contribution >= 4 is 34.7 Å². The van der Waals surface area contributed by atoms with E-state index in [0.717, 1.165) is 21.3 Å². The van der Waals surface area contributed by atoms with Crippen molar-refractivity contribution in [3.8, 4) is 0 Å². The molecule has 1 amide bonds. The second-order valence-corrected chi connectivity index (χ2v) is 6.36. The molecule has 0 unspecified atom stereocenters. The normalized spacial score (nSPS) is 10.5. The fourth-order valence-electron chi connectivity index (χ4n) is 1.76. The Balaban J connectivity index is 1.99. The largest absolute Gasteiger partial charge is 0.326 e. The Morgan fingerprint density at radius 3 is 2.53 bits per heavy atom. The SMILES string of the molecule is CSc1ccc(NC(=O)Cc2sc(C)nc2C)cc1. The minimum absolute atomic E-state index is 0.00338. The van der Waals surface area contributed by atoms with Crippen molar-refractivity contribution < 1.29 is 4.79 Å². The maximum atomic E-state index is 12.0. The number of amides is 1. The lowest BCUT2D eigenvalue weighted by Crippen LogP contribution is -2.14. The number of rotatable bonds is 4. The quantitative estimate of drug-likeness (QED) is 0.874. The molecular formula is C14H16N2OS2. The lowest BCUT2D eigenvalue weighted by atomic mass is 10.2. The minimum atomic E-state index is 0.00338. The Hall–Kier alpha value is -1.33. The first-order valence-corrected chi connectivity index (χ1v) is 7.99. The number of benzene rings is 1. The Kier molecular flexibility index (Phi) is 4.61. The highest BCUT2D eigenvalue weighted by molar-refractivity contribution is 7.98. The molecule has 0 saturated carbocycles. The molecule has 0 aliphatic carbocycles. The number of hydrogen-bond acceptors (Lipinski definition) is 4. The first-order chi connectivity index (χ1) is 9.08. The summed E-state index contributed by atoms with van der Waals surface area (Å²) >= 11 is 3.27. The molecule has 1 heterocycles. The van der Waals surface area contributed by atoms with Crippen LogP contribution in [0.2, 0.25) is 0 Å². The third kappa shape index (κ3) is 3.81. The molecule has 0 aliphatic rings. The van der Waals surface area contributed by atoms with E-state index in [9.17, 15) is 4.79 Å². The van der Waals surface area contributed by atoms with E-state index >= 15 is 0 Å². The molecule has 5 heteroatoms. The summed E-state index contributed by atoms with van der Waals surface area (Å²) in [6.45, 7) is 3.90. The molecule has 0 bridgehead atoms. The standard InChI is InChI=1S/C14H16N2OS2/c1-9-13(19-10(2)15-9)8-14(17)16-11-4-6-12(18-3)7-5-11/h4-7H,8H2,1-3H3,(H,16,17). The number of carbonyl (C=O) groups excluding carboxylic acids is 1. The molecule has 0 atom stereocenters. The zero-order valence-corrected chi connectivity index (χ0v) is 12.8. The van der Waals surface area contributed by atoms with Gasteiger partial charge in [-0.05, 0) is 44.4 Å². The van der Waals surface area contributed by atoms with Gasteiger partial charge < -0.3 is 5.32 Å². The maximum Gasteiger partial charge on any atom is 0.229 e. The van der Waals surface area contributed by atoms with Gasteiger partial charge in [0.1, 0.15) is 0 Å². The predicted molar refractivity (Wildman–Crippen MR) is 82.1 cm³/mol. The molecule has 2 rings (SSSR count). The monoisotopic (exact) mass is 292 g/mol. The van der Waals surface area contributed by atoms with Gasteiger partial charge in [-0.25, -0.2) is 4.98 Å². The van der Waals surface area contributed by atoms with Gasteiger partial charge in [-0.3, -0.25) is 4.79 Å². The van der Waals surface area contributed by atoms with E-state index in [1.807, 2.05) is 44.4 Å². The lowest BCUT2D eigenvalue weighted by Gasteiger charge is -2.05. The van der Waals surface area contributed by atoms with E-state index in [0.29, 0.717) is 6.42 Å². The maximum absolute atomic E-state index is 12.0.